The molecule has 1 heterocycles. The van der Waals surface area contributed by atoms with Gasteiger partial charge in [0, 0.05) is 31.7 Å². The van der Waals surface area contributed by atoms with Gasteiger partial charge in [-0.05, 0) is 0 Å². The second-order valence-electron chi connectivity index (χ2n) is 7.08. The zero-order valence-electron chi connectivity index (χ0n) is 19.9. The Bertz CT molecular complexity index is 639. The van der Waals surface area contributed by atoms with Gasteiger partial charge in [0.15, 0.2) is 0 Å². The lowest BCUT2D eigenvalue weighted by molar-refractivity contribution is -0.139. The largest absolute Gasteiger partial charge is 0.481 e. The van der Waals surface area contributed by atoms with Crippen LogP contribution in [-0.4, -0.2) is 126 Å². The average molecular weight is 505 g/mol. The van der Waals surface area contributed by atoms with E-state index in [0.717, 1.165) is 4.90 Å². The molecule has 0 spiro atoms. The number of carbonyl (C=O) groups excluding carboxylic acids is 3. The van der Waals surface area contributed by atoms with Gasteiger partial charge in [-0.2, -0.15) is 0 Å². The highest BCUT2D eigenvalue weighted by Crippen LogP contribution is 2.03. The molecule has 0 radical (unpaired) electrons. The van der Waals surface area contributed by atoms with Crippen LogP contribution >= 0.6 is 0 Å². The molecular weight excluding hydrogens is 468 g/mol. The summed E-state index contributed by atoms with van der Waals surface area (Å²) in [7, 11) is 0. The molecule has 0 fully saturated rings. The molecule has 3 amide bonds. The van der Waals surface area contributed by atoms with E-state index in [9.17, 15) is 19.2 Å². The second-order valence-corrected chi connectivity index (χ2v) is 7.08. The number of nitrogens with zero attached hydrogens (tertiary/aromatic N) is 1. The Balaban J connectivity index is 1.72. The Labute approximate surface area is 204 Å². The molecule has 2 N–H and O–H groups in total. The SMILES string of the molecule is O=C(O)CCOCCOCCOCCOCCOCCOCCNC(=O)CCN1C(=O)C=CC1=O. The molecule has 35 heavy (non-hydrogen) atoms. The van der Waals surface area contributed by atoms with E-state index in [0.29, 0.717) is 79.2 Å². The molecule has 13 heteroatoms. The molecule has 0 unspecified atom stereocenters. The quantitative estimate of drug-likeness (QED) is 0.122. The zero-order chi connectivity index (χ0) is 25.6. The van der Waals surface area contributed by atoms with Crippen molar-refractivity contribution in [3.63, 3.8) is 0 Å². The van der Waals surface area contributed by atoms with Crippen LogP contribution in [0.5, 0.6) is 0 Å². The summed E-state index contributed by atoms with van der Waals surface area (Å²) in [5.74, 6) is -1.95. The highest BCUT2D eigenvalue weighted by Gasteiger charge is 2.23. The van der Waals surface area contributed by atoms with E-state index in [2.05, 4.69) is 5.32 Å². The summed E-state index contributed by atoms with van der Waals surface area (Å²) < 4.78 is 31.8. The van der Waals surface area contributed by atoms with Gasteiger partial charge in [0.2, 0.25) is 5.91 Å². The van der Waals surface area contributed by atoms with Gasteiger partial charge in [0.05, 0.1) is 85.7 Å². The van der Waals surface area contributed by atoms with Crippen LogP contribution < -0.4 is 5.32 Å². The number of hydrogen-bond donors (Lipinski definition) is 2. The van der Waals surface area contributed by atoms with Crippen molar-refractivity contribution in [1.82, 2.24) is 10.2 Å². The molecule has 1 aliphatic rings. The van der Waals surface area contributed by atoms with Gasteiger partial charge in [-0.3, -0.25) is 24.1 Å². The summed E-state index contributed by atoms with van der Waals surface area (Å²) in [6.45, 7) is 5.00. The van der Waals surface area contributed by atoms with Crippen molar-refractivity contribution in [3.05, 3.63) is 12.2 Å². The fourth-order valence-electron chi connectivity index (χ4n) is 2.58. The van der Waals surface area contributed by atoms with Crippen LogP contribution in [0.4, 0.5) is 0 Å². The highest BCUT2D eigenvalue weighted by molar-refractivity contribution is 6.13. The minimum Gasteiger partial charge on any atom is -0.481 e. The normalized spacial score (nSPS) is 13.1. The van der Waals surface area contributed by atoms with Gasteiger partial charge >= 0.3 is 5.97 Å². The Morgan fingerprint density at radius 3 is 1.49 bits per heavy atom. The summed E-state index contributed by atoms with van der Waals surface area (Å²) in [4.78, 5) is 45.8. The minimum absolute atomic E-state index is 0.0150. The molecule has 0 saturated heterocycles. The van der Waals surface area contributed by atoms with Crippen LogP contribution in [0.2, 0.25) is 0 Å². The van der Waals surface area contributed by atoms with Crippen LogP contribution in [0.3, 0.4) is 0 Å². The number of hydrogen-bond acceptors (Lipinski definition) is 10. The number of amides is 3. The fourth-order valence-corrected chi connectivity index (χ4v) is 2.58. The van der Waals surface area contributed by atoms with Crippen molar-refractivity contribution >= 4 is 23.7 Å². The maximum atomic E-state index is 11.7. The number of carbonyl (C=O) groups is 4. The van der Waals surface area contributed by atoms with Crippen molar-refractivity contribution in [2.45, 2.75) is 12.8 Å². The van der Waals surface area contributed by atoms with Crippen LogP contribution in [0.1, 0.15) is 12.8 Å². The minimum atomic E-state index is -0.887. The third-order valence-corrected chi connectivity index (χ3v) is 4.35. The highest BCUT2D eigenvalue weighted by atomic mass is 16.6. The van der Waals surface area contributed by atoms with Gasteiger partial charge in [0.1, 0.15) is 0 Å². The average Bonchev–Trinajstić information content (AvgIpc) is 3.15. The van der Waals surface area contributed by atoms with Gasteiger partial charge in [-0.15, -0.1) is 0 Å². The molecule has 0 saturated carbocycles. The van der Waals surface area contributed by atoms with E-state index < -0.39 is 17.8 Å². The molecule has 0 aliphatic carbocycles. The molecule has 1 rings (SSSR count). The summed E-state index contributed by atoms with van der Waals surface area (Å²) in [6, 6.07) is 0. The first kappa shape index (κ1) is 30.6. The van der Waals surface area contributed by atoms with Crippen molar-refractivity contribution in [1.29, 1.82) is 0 Å². The lowest BCUT2D eigenvalue weighted by Crippen LogP contribution is -2.35. The number of ether oxygens (including phenoxy) is 6. The fraction of sp³-hybridized carbons (Fsp3) is 0.727. The number of aliphatic carboxylic acids is 1. The first-order valence-electron chi connectivity index (χ1n) is 11.5. The van der Waals surface area contributed by atoms with Crippen LogP contribution in [0, 0.1) is 0 Å². The Morgan fingerprint density at radius 1 is 0.657 bits per heavy atom. The van der Waals surface area contributed by atoms with Gasteiger partial charge in [0.25, 0.3) is 11.8 Å². The van der Waals surface area contributed by atoms with E-state index >= 15 is 0 Å². The van der Waals surface area contributed by atoms with E-state index in [1.54, 1.807) is 0 Å². The number of carboxylic acid groups (broad SMARTS) is 1. The molecule has 1 aliphatic heterocycles. The first-order valence-corrected chi connectivity index (χ1v) is 11.5. The van der Waals surface area contributed by atoms with E-state index in [4.69, 9.17) is 33.5 Å². The van der Waals surface area contributed by atoms with Crippen LogP contribution in [0.15, 0.2) is 12.2 Å². The molecule has 0 aromatic heterocycles. The molecular formula is C22H36N2O11. The van der Waals surface area contributed by atoms with E-state index in [1.807, 2.05) is 0 Å². The smallest absolute Gasteiger partial charge is 0.305 e. The monoisotopic (exact) mass is 504 g/mol. The summed E-state index contributed by atoms with van der Waals surface area (Å²) in [5.41, 5.74) is 0. The molecule has 0 atom stereocenters. The predicted octanol–water partition coefficient (Wildman–Crippen LogP) is -1.01. The third-order valence-electron chi connectivity index (χ3n) is 4.35. The number of carboxylic acids is 1. The number of nitrogens with one attached hydrogen (secondary N) is 1. The van der Waals surface area contributed by atoms with Crippen molar-refractivity contribution in [2.75, 3.05) is 92.4 Å². The van der Waals surface area contributed by atoms with Crippen LogP contribution in [-0.2, 0) is 47.6 Å². The lowest BCUT2D eigenvalue weighted by Gasteiger charge is -2.13. The maximum absolute atomic E-state index is 11.7. The second kappa shape index (κ2) is 20.9. The molecule has 200 valence electrons. The zero-order valence-corrected chi connectivity index (χ0v) is 19.9. The summed E-state index contributed by atoms with van der Waals surface area (Å²) in [6.07, 6.45) is 2.41. The molecule has 0 aromatic rings. The molecule has 0 bridgehead atoms. The van der Waals surface area contributed by atoms with Gasteiger partial charge in [-0.25, -0.2) is 0 Å². The van der Waals surface area contributed by atoms with Crippen LogP contribution in [0.25, 0.3) is 0 Å². The summed E-state index contributed by atoms with van der Waals surface area (Å²) in [5, 5.41) is 11.1. The molecule has 13 nitrogen and oxygen atoms in total. The number of rotatable bonds is 24. The maximum Gasteiger partial charge on any atom is 0.305 e. The van der Waals surface area contributed by atoms with E-state index in [-0.39, 0.29) is 31.9 Å². The Kier molecular flexibility index (Phi) is 18.3. The predicted molar refractivity (Wildman–Crippen MR) is 121 cm³/mol. The lowest BCUT2D eigenvalue weighted by atomic mass is 10.3. The topological polar surface area (TPSA) is 159 Å². The summed E-state index contributed by atoms with van der Waals surface area (Å²) >= 11 is 0. The molecule has 0 aromatic carbocycles. The standard InChI is InChI=1S/C22H36N2O11/c25-19(3-6-24-20(26)1-2-21(24)27)23-5-8-31-10-12-33-14-16-35-18-17-34-15-13-32-11-9-30-7-4-22(28)29/h1-2H,3-18H2,(H,23,25)(H,28,29). The Morgan fingerprint density at radius 2 is 1.06 bits per heavy atom. The van der Waals surface area contributed by atoms with Gasteiger partial charge < -0.3 is 38.8 Å². The van der Waals surface area contributed by atoms with Crippen molar-refractivity contribution < 1.29 is 52.7 Å². The third kappa shape index (κ3) is 17.6. The Hall–Kier alpha value is -2.42. The van der Waals surface area contributed by atoms with Crippen molar-refractivity contribution in [3.8, 4) is 0 Å². The number of imide groups is 1. The van der Waals surface area contributed by atoms with Crippen molar-refractivity contribution in [2.24, 2.45) is 0 Å². The van der Waals surface area contributed by atoms with E-state index in [1.165, 1.54) is 12.2 Å². The first-order chi connectivity index (χ1) is 17.0. The van der Waals surface area contributed by atoms with Gasteiger partial charge in [-0.1, -0.05) is 0 Å².